The monoisotopic (exact) mass is 377 g/mol. The first kappa shape index (κ1) is 19.0. The molecule has 0 spiro atoms. The Kier molecular flexibility index (Phi) is 5.81. The second-order valence-electron chi connectivity index (χ2n) is 5.96. The lowest BCUT2D eigenvalue weighted by molar-refractivity contribution is -0.274. The Morgan fingerprint density at radius 1 is 1.00 bits per heavy atom. The first-order chi connectivity index (χ1) is 12.9. The minimum atomic E-state index is -4.75. The quantitative estimate of drug-likeness (QED) is 0.575. The van der Waals surface area contributed by atoms with Crippen molar-refractivity contribution in [3.63, 3.8) is 0 Å². The second-order valence-corrected chi connectivity index (χ2v) is 5.96. The molecule has 0 atom stereocenters. The van der Waals surface area contributed by atoms with Gasteiger partial charge in [0.15, 0.2) is 5.78 Å². The predicted molar refractivity (Wildman–Crippen MR) is 96.0 cm³/mol. The number of ketones is 1. The minimum Gasteiger partial charge on any atom is -0.406 e. The molecule has 0 amide bonds. The van der Waals surface area contributed by atoms with Gasteiger partial charge in [-0.1, -0.05) is 18.2 Å². The van der Waals surface area contributed by atoms with Gasteiger partial charge in [-0.15, -0.1) is 13.2 Å². The Bertz CT molecular complexity index is 793. The highest BCUT2D eigenvalue weighted by atomic mass is 19.4. The topological polar surface area (TPSA) is 38.8 Å². The molecule has 4 nitrogen and oxygen atoms in total. The summed E-state index contributed by atoms with van der Waals surface area (Å²) in [4.78, 5) is 14.4. The number of hydrogen-bond acceptors (Lipinski definition) is 4. The van der Waals surface area contributed by atoms with E-state index in [2.05, 4.69) is 9.64 Å². The van der Waals surface area contributed by atoms with Crippen molar-refractivity contribution in [1.29, 1.82) is 0 Å². The summed E-state index contributed by atoms with van der Waals surface area (Å²) in [6, 6.07) is 12.6. The van der Waals surface area contributed by atoms with Crippen LogP contribution >= 0.6 is 0 Å². The smallest absolute Gasteiger partial charge is 0.406 e. The molecule has 0 unspecified atom stereocenters. The number of halogens is 3. The fourth-order valence-electron chi connectivity index (χ4n) is 2.71. The van der Waals surface area contributed by atoms with Gasteiger partial charge in [0.1, 0.15) is 5.75 Å². The molecule has 0 saturated carbocycles. The summed E-state index contributed by atoms with van der Waals surface area (Å²) in [6.45, 7) is 3.12. The third-order valence-corrected chi connectivity index (χ3v) is 4.07. The van der Waals surface area contributed by atoms with Gasteiger partial charge in [-0.3, -0.25) is 4.79 Å². The number of rotatable bonds is 5. The molecular weight excluding hydrogens is 359 g/mol. The summed E-state index contributed by atoms with van der Waals surface area (Å²) in [5.41, 5.74) is 2.24. The lowest BCUT2D eigenvalue weighted by atomic mass is 10.1. The normalized spacial score (nSPS) is 15.1. The predicted octanol–water partition coefficient (Wildman–Crippen LogP) is 4.32. The van der Waals surface area contributed by atoms with Crippen LogP contribution in [0.4, 0.5) is 18.9 Å². The van der Waals surface area contributed by atoms with Crippen molar-refractivity contribution in [2.75, 3.05) is 31.2 Å². The zero-order chi connectivity index (χ0) is 19.3. The third kappa shape index (κ3) is 5.59. The van der Waals surface area contributed by atoms with E-state index >= 15 is 0 Å². The number of carbonyl (C=O) groups excluding carboxylic acids is 1. The molecule has 142 valence electrons. The van der Waals surface area contributed by atoms with Gasteiger partial charge < -0.3 is 14.4 Å². The minimum absolute atomic E-state index is 0.283. The Labute approximate surface area is 154 Å². The summed E-state index contributed by atoms with van der Waals surface area (Å²) in [6.07, 6.45) is -1.69. The van der Waals surface area contributed by atoms with Crippen molar-refractivity contribution in [3.8, 4) is 5.75 Å². The molecule has 1 fully saturated rings. The summed E-state index contributed by atoms with van der Waals surface area (Å²) >= 11 is 0. The molecule has 0 aromatic heterocycles. The van der Waals surface area contributed by atoms with Crippen molar-refractivity contribution < 1.29 is 27.4 Å². The van der Waals surface area contributed by atoms with E-state index in [1.807, 2.05) is 24.3 Å². The molecule has 1 aliphatic heterocycles. The van der Waals surface area contributed by atoms with Crippen LogP contribution in [0, 0.1) is 0 Å². The number of hydrogen-bond donors (Lipinski definition) is 0. The number of alkyl halides is 3. The van der Waals surface area contributed by atoms with E-state index in [0.717, 1.165) is 36.5 Å². The highest BCUT2D eigenvalue weighted by Gasteiger charge is 2.31. The van der Waals surface area contributed by atoms with Crippen LogP contribution in [0.25, 0.3) is 6.08 Å². The maximum atomic E-state index is 12.2. The van der Waals surface area contributed by atoms with E-state index in [1.54, 1.807) is 6.08 Å². The molecular formula is C20H18F3NO3. The molecule has 2 aromatic rings. The standard InChI is InChI=1S/C20H18F3NO3/c21-20(22,23)27-18-8-4-16(5-9-18)19(25)10-3-15-1-6-17(7-2-15)24-11-13-26-14-12-24/h1-10H,11-14H2/b10-3+. The van der Waals surface area contributed by atoms with E-state index in [-0.39, 0.29) is 17.1 Å². The molecule has 0 bridgehead atoms. The molecule has 27 heavy (non-hydrogen) atoms. The van der Waals surface area contributed by atoms with Crippen molar-refractivity contribution in [3.05, 3.63) is 65.7 Å². The molecule has 0 N–H and O–H groups in total. The highest BCUT2D eigenvalue weighted by molar-refractivity contribution is 6.06. The average Bonchev–Trinajstić information content (AvgIpc) is 2.66. The van der Waals surface area contributed by atoms with Crippen molar-refractivity contribution >= 4 is 17.5 Å². The first-order valence-electron chi connectivity index (χ1n) is 8.42. The zero-order valence-corrected chi connectivity index (χ0v) is 14.4. The van der Waals surface area contributed by atoms with Gasteiger partial charge in [-0.2, -0.15) is 0 Å². The number of benzene rings is 2. The van der Waals surface area contributed by atoms with E-state index in [0.29, 0.717) is 13.2 Å². The van der Waals surface area contributed by atoms with Crippen LogP contribution < -0.4 is 9.64 Å². The van der Waals surface area contributed by atoms with Crippen LogP contribution in [0.15, 0.2) is 54.6 Å². The van der Waals surface area contributed by atoms with E-state index < -0.39 is 6.36 Å². The van der Waals surface area contributed by atoms with E-state index in [1.165, 1.54) is 18.2 Å². The van der Waals surface area contributed by atoms with E-state index in [9.17, 15) is 18.0 Å². The molecule has 1 saturated heterocycles. The Balaban J connectivity index is 1.60. The summed E-state index contributed by atoms with van der Waals surface area (Å²) in [5.74, 6) is -0.660. The van der Waals surface area contributed by atoms with Gasteiger partial charge in [0.2, 0.25) is 0 Å². The third-order valence-electron chi connectivity index (χ3n) is 4.07. The largest absolute Gasteiger partial charge is 0.573 e. The van der Waals surface area contributed by atoms with Crippen LogP contribution in [0.3, 0.4) is 0 Å². The maximum absolute atomic E-state index is 12.2. The number of allylic oxidation sites excluding steroid dienone is 1. The Morgan fingerprint density at radius 2 is 1.63 bits per heavy atom. The first-order valence-corrected chi connectivity index (χ1v) is 8.42. The van der Waals surface area contributed by atoms with Gasteiger partial charge in [0, 0.05) is 24.3 Å². The van der Waals surface area contributed by atoms with Crippen molar-refractivity contribution in [2.45, 2.75) is 6.36 Å². The summed E-state index contributed by atoms with van der Waals surface area (Å²) < 4.78 is 45.6. The molecule has 0 radical (unpaired) electrons. The fraction of sp³-hybridized carbons (Fsp3) is 0.250. The number of anilines is 1. The van der Waals surface area contributed by atoms with Crippen LogP contribution in [0.2, 0.25) is 0 Å². The lowest BCUT2D eigenvalue weighted by Gasteiger charge is -2.28. The van der Waals surface area contributed by atoms with Gasteiger partial charge in [-0.05, 0) is 48.0 Å². The van der Waals surface area contributed by atoms with Gasteiger partial charge in [0.05, 0.1) is 13.2 Å². The molecule has 3 rings (SSSR count). The molecule has 2 aromatic carbocycles. The fourth-order valence-corrected chi connectivity index (χ4v) is 2.71. The second kappa shape index (κ2) is 8.26. The Morgan fingerprint density at radius 3 is 2.22 bits per heavy atom. The summed E-state index contributed by atoms with van der Waals surface area (Å²) in [5, 5.41) is 0. The molecule has 7 heteroatoms. The van der Waals surface area contributed by atoms with E-state index in [4.69, 9.17) is 4.74 Å². The highest BCUT2D eigenvalue weighted by Crippen LogP contribution is 2.23. The molecule has 1 aliphatic rings. The van der Waals surface area contributed by atoms with Crippen molar-refractivity contribution in [2.24, 2.45) is 0 Å². The lowest BCUT2D eigenvalue weighted by Crippen LogP contribution is -2.36. The average molecular weight is 377 g/mol. The maximum Gasteiger partial charge on any atom is 0.573 e. The van der Waals surface area contributed by atoms with Crippen LogP contribution in [0.1, 0.15) is 15.9 Å². The van der Waals surface area contributed by atoms with Crippen LogP contribution in [-0.2, 0) is 4.74 Å². The number of ether oxygens (including phenoxy) is 2. The van der Waals surface area contributed by atoms with Crippen LogP contribution in [-0.4, -0.2) is 38.4 Å². The van der Waals surface area contributed by atoms with Crippen molar-refractivity contribution in [1.82, 2.24) is 0 Å². The Hall–Kier alpha value is -2.80. The molecule has 0 aliphatic carbocycles. The number of morpholine rings is 1. The van der Waals surface area contributed by atoms with Gasteiger partial charge in [-0.25, -0.2) is 0 Å². The van der Waals surface area contributed by atoms with Gasteiger partial charge in [0.25, 0.3) is 0 Å². The molecule has 1 heterocycles. The van der Waals surface area contributed by atoms with Gasteiger partial charge >= 0.3 is 6.36 Å². The zero-order valence-electron chi connectivity index (χ0n) is 14.4. The summed E-state index contributed by atoms with van der Waals surface area (Å²) in [7, 11) is 0. The SMILES string of the molecule is O=C(/C=C/c1ccc(N2CCOCC2)cc1)c1ccc(OC(F)(F)F)cc1. The number of nitrogens with zero attached hydrogens (tertiary/aromatic N) is 1. The number of carbonyl (C=O) groups is 1. The van der Waals surface area contributed by atoms with Crippen LogP contribution in [0.5, 0.6) is 5.75 Å².